The van der Waals surface area contributed by atoms with Crippen LogP contribution in [0, 0.1) is 0 Å². The van der Waals surface area contributed by atoms with E-state index in [9.17, 15) is 13.2 Å². The van der Waals surface area contributed by atoms with Crippen LogP contribution in [0.25, 0.3) is 0 Å². The fourth-order valence-corrected chi connectivity index (χ4v) is 5.30. The van der Waals surface area contributed by atoms with Gasteiger partial charge >= 0.3 is 0 Å². The Kier molecular flexibility index (Phi) is 8.66. The zero-order valence-corrected chi connectivity index (χ0v) is 19.5. The van der Waals surface area contributed by atoms with E-state index in [1.54, 1.807) is 19.9 Å². The average Bonchev–Trinajstić information content (AvgIpc) is 2.78. The Hall–Kier alpha value is -1.68. The number of morpholine rings is 1. The molecule has 1 heterocycles. The predicted molar refractivity (Wildman–Crippen MR) is 117 cm³/mol. The minimum absolute atomic E-state index is 0.00721. The Labute approximate surface area is 180 Å². The van der Waals surface area contributed by atoms with Crippen molar-refractivity contribution in [3.8, 4) is 5.75 Å². The van der Waals surface area contributed by atoms with Gasteiger partial charge in [0.2, 0.25) is 10.0 Å². The summed E-state index contributed by atoms with van der Waals surface area (Å²) >= 11 is 0. The van der Waals surface area contributed by atoms with Crippen molar-refractivity contribution < 1.29 is 22.7 Å². The Morgan fingerprint density at radius 1 is 1.23 bits per heavy atom. The van der Waals surface area contributed by atoms with Crippen LogP contribution in [0.5, 0.6) is 5.75 Å². The van der Waals surface area contributed by atoms with Crippen molar-refractivity contribution in [1.29, 1.82) is 0 Å². The number of sulfonamides is 1. The van der Waals surface area contributed by atoms with E-state index in [1.165, 1.54) is 23.5 Å². The first-order chi connectivity index (χ1) is 14.2. The quantitative estimate of drug-likeness (QED) is 0.597. The van der Waals surface area contributed by atoms with E-state index < -0.39 is 10.0 Å². The highest BCUT2D eigenvalue weighted by atomic mass is 32.2. The van der Waals surface area contributed by atoms with Gasteiger partial charge in [0.1, 0.15) is 10.6 Å². The number of amides is 1. The largest absolute Gasteiger partial charge is 0.495 e. The van der Waals surface area contributed by atoms with E-state index in [0.717, 1.165) is 19.5 Å². The number of carbonyl (C=O) groups excluding carboxylic acids is 1. The molecule has 0 aliphatic carbocycles. The van der Waals surface area contributed by atoms with Gasteiger partial charge in [0.15, 0.2) is 0 Å². The molecule has 2 rings (SSSR count). The van der Waals surface area contributed by atoms with Gasteiger partial charge in [-0.3, -0.25) is 9.69 Å². The second-order valence-electron chi connectivity index (χ2n) is 7.59. The first kappa shape index (κ1) is 24.6. The molecule has 170 valence electrons. The molecule has 1 fully saturated rings. The van der Waals surface area contributed by atoms with Gasteiger partial charge in [-0.15, -0.1) is 0 Å². The van der Waals surface area contributed by atoms with Crippen molar-refractivity contribution in [2.24, 2.45) is 0 Å². The van der Waals surface area contributed by atoms with E-state index >= 15 is 0 Å². The van der Waals surface area contributed by atoms with Crippen molar-refractivity contribution >= 4 is 15.9 Å². The molecule has 1 saturated heterocycles. The standard InChI is InChI=1S/C21H35N3O5S/c1-6-21(4,23-11-13-29-14-12-23)16-22-20(25)17-9-10-18(28-5)19(15-17)30(26,27)24(7-2)8-3/h9-10,15H,6-8,11-14,16H2,1-5H3,(H,22,25)/t21-/m1/s1. The van der Waals surface area contributed by atoms with Crippen molar-refractivity contribution in [3.05, 3.63) is 23.8 Å². The fraction of sp³-hybridized carbons (Fsp3) is 0.667. The molecule has 9 heteroatoms. The molecule has 1 aliphatic heterocycles. The molecule has 1 atom stereocenters. The topological polar surface area (TPSA) is 88.2 Å². The Balaban J connectivity index is 2.23. The minimum Gasteiger partial charge on any atom is -0.495 e. The molecular formula is C21H35N3O5S. The van der Waals surface area contributed by atoms with Gasteiger partial charge < -0.3 is 14.8 Å². The number of benzene rings is 1. The normalized spacial score (nSPS) is 17.5. The molecule has 0 spiro atoms. The number of rotatable bonds is 10. The van der Waals surface area contributed by atoms with Crippen LogP contribution in [0.3, 0.4) is 0 Å². The van der Waals surface area contributed by atoms with Crippen molar-refractivity contribution in [3.63, 3.8) is 0 Å². The summed E-state index contributed by atoms with van der Waals surface area (Å²) in [6.07, 6.45) is 0.873. The average molecular weight is 442 g/mol. The number of nitrogens with zero attached hydrogens (tertiary/aromatic N) is 2. The first-order valence-electron chi connectivity index (χ1n) is 10.5. The highest BCUT2D eigenvalue weighted by Gasteiger charge is 2.32. The lowest BCUT2D eigenvalue weighted by Crippen LogP contribution is -2.56. The summed E-state index contributed by atoms with van der Waals surface area (Å²) in [7, 11) is -2.34. The number of nitrogens with one attached hydrogen (secondary N) is 1. The molecule has 0 bridgehead atoms. The maximum atomic E-state index is 13.0. The Morgan fingerprint density at radius 3 is 2.40 bits per heavy atom. The number of hydrogen-bond donors (Lipinski definition) is 1. The minimum atomic E-state index is -3.76. The molecule has 8 nitrogen and oxygen atoms in total. The molecule has 0 aromatic heterocycles. The third-order valence-corrected chi connectivity index (χ3v) is 7.99. The molecule has 0 radical (unpaired) electrons. The zero-order chi connectivity index (χ0) is 22.4. The maximum Gasteiger partial charge on any atom is 0.251 e. The lowest BCUT2D eigenvalue weighted by atomic mass is 9.95. The number of hydrogen-bond acceptors (Lipinski definition) is 6. The van der Waals surface area contributed by atoms with Crippen LogP contribution in [0.2, 0.25) is 0 Å². The van der Waals surface area contributed by atoms with Gasteiger partial charge in [0.25, 0.3) is 5.91 Å². The summed E-state index contributed by atoms with van der Waals surface area (Å²) < 4.78 is 38.1. The van der Waals surface area contributed by atoms with Crippen molar-refractivity contribution in [1.82, 2.24) is 14.5 Å². The third-order valence-electron chi connectivity index (χ3n) is 5.92. The molecular weight excluding hydrogens is 406 g/mol. The van der Waals surface area contributed by atoms with E-state index in [1.807, 2.05) is 0 Å². The van der Waals surface area contributed by atoms with E-state index in [-0.39, 0.29) is 22.1 Å². The summed E-state index contributed by atoms with van der Waals surface area (Å²) in [6, 6.07) is 4.53. The molecule has 1 N–H and O–H groups in total. The highest BCUT2D eigenvalue weighted by Crippen LogP contribution is 2.28. The van der Waals surface area contributed by atoms with Crippen LogP contribution in [-0.4, -0.2) is 82.1 Å². The summed E-state index contributed by atoms with van der Waals surface area (Å²) in [5, 5.41) is 2.99. The first-order valence-corrected chi connectivity index (χ1v) is 12.0. The highest BCUT2D eigenvalue weighted by molar-refractivity contribution is 7.89. The Bertz CT molecular complexity index is 820. The second-order valence-corrected chi connectivity index (χ2v) is 9.49. The molecule has 0 unspecified atom stereocenters. The van der Waals surface area contributed by atoms with Gasteiger partial charge in [-0.2, -0.15) is 4.31 Å². The molecule has 1 aromatic carbocycles. The van der Waals surface area contributed by atoms with Gasteiger partial charge in [-0.05, 0) is 31.5 Å². The van der Waals surface area contributed by atoms with Crippen LogP contribution in [0.4, 0.5) is 0 Å². The lowest BCUT2D eigenvalue weighted by molar-refractivity contribution is -0.0169. The number of ether oxygens (including phenoxy) is 2. The van der Waals surface area contributed by atoms with Gasteiger partial charge in [0.05, 0.1) is 20.3 Å². The van der Waals surface area contributed by atoms with Crippen LogP contribution >= 0.6 is 0 Å². The fourth-order valence-electron chi connectivity index (χ4n) is 3.66. The van der Waals surface area contributed by atoms with Crippen LogP contribution in [0.15, 0.2) is 23.1 Å². The monoisotopic (exact) mass is 441 g/mol. The van der Waals surface area contributed by atoms with Gasteiger partial charge in [0, 0.05) is 43.8 Å². The smallest absolute Gasteiger partial charge is 0.251 e. The maximum absolute atomic E-state index is 13.0. The Morgan fingerprint density at radius 2 is 1.87 bits per heavy atom. The van der Waals surface area contributed by atoms with Crippen molar-refractivity contribution in [2.75, 3.05) is 53.0 Å². The van der Waals surface area contributed by atoms with E-state index in [4.69, 9.17) is 9.47 Å². The van der Waals surface area contributed by atoms with Gasteiger partial charge in [-0.1, -0.05) is 20.8 Å². The lowest BCUT2D eigenvalue weighted by Gasteiger charge is -2.43. The summed E-state index contributed by atoms with van der Waals surface area (Å²) in [6.45, 7) is 12.0. The SMILES string of the molecule is CCN(CC)S(=O)(=O)c1cc(C(=O)NC[C@@](C)(CC)N2CCOCC2)ccc1OC. The zero-order valence-electron chi connectivity index (χ0n) is 18.7. The number of methoxy groups -OCH3 is 1. The van der Waals surface area contributed by atoms with Crippen LogP contribution in [-0.2, 0) is 14.8 Å². The second kappa shape index (κ2) is 10.6. The third kappa shape index (κ3) is 5.32. The molecule has 0 saturated carbocycles. The van der Waals surface area contributed by atoms with Crippen LogP contribution in [0.1, 0.15) is 44.5 Å². The summed E-state index contributed by atoms with van der Waals surface area (Å²) in [5.41, 5.74) is 0.101. The molecule has 1 aliphatic rings. The summed E-state index contributed by atoms with van der Waals surface area (Å²) in [5.74, 6) is -0.0771. The van der Waals surface area contributed by atoms with Crippen molar-refractivity contribution in [2.45, 2.75) is 44.6 Å². The molecule has 1 amide bonds. The van der Waals surface area contributed by atoms with Gasteiger partial charge in [-0.25, -0.2) is 8.42 Å². The van der Waals surface area contributed by atoms with Crippen LogP contribution < -0.4 is 10.1 Å². The van der Waals surface area contributed by atoms with E-state index in [0.29, 0.717) is 38.4 Å². The molecule has 30 heavy (non-hydrogen) atoms. The number of carbonyl (C=O) groups is 1. The summed E-state index contributed by atoms with van der Waals surface area (Å²) in [4.78, 5) is 15.2. The molecule has 1 aromatic rings. The van der Waals surface area contributed by atoms with E-state index in [2.05, 4.69) is 24.1 Å². The predicted octanol–water partition coefficient (Wildman–Crippen LogP) is 1.96.